The minimum Gasteiger partial charge on any atom is -0.340 e. The molecule has 0 aliphatic heterocycles. The van der Waals surface area contributed by atoms with Gasteiger partial charge in [-0.1, -0.05) is 0 Å². The Morgan fingerprint density at radius 3 is 2.87 bits per heavy atom. The van der Waals surface area contributed by atoms with E-state index in [0.29, 0.717) is 0 Å². The molecule has 0 spiro atoms. The quantitative estimate of drug-likeness (QED) is 0.756. The van der Waals surface area contributed by atoms with Gasteiger partial charge in [-0.15, -0.1) is 0 Å². The van der Waals surface area contributed by atoms with Gasteiger partial charge in [0.1, 0.15) is 5.82 Å². The summed E-state index contributed by atoms with van der Waals surface area (Å²) in [5.41, 5.74) is 7.88. The number of nitrogens with one attached hydrogen (secondary N) is 1. The largest absolute Gasteiger partial charge is 0.340 e. The molecule has 2 aromatic rings. The molecule has 0 amide bonds. The van der Waals surface area contributed by atoms with Crippen LogP contribution in [0.4, 0.5) is 0 Å². The van der Waals surface area contributed by atoms with Gasteiger partial charge in [0.25, 0.3) is 0 Å². The molecule has 1 aliphatic rings. The van der Waals surface area contributed by atoms with E-state index in [1.165, 1.54) is 0 Å². The lowest BCUT2D eigenvalue weighted by Crippen LogP contribution is -2.20. The number of nitrogens with zero attached hydrogens (tertiary/aromatic N) is 3. The highest BCUT2D eigenvalue weighted by molar-refractivity contribution is 5.56. The summed E-state index contributed by atoms with van der Waals surface area (Å²) in [5, 5.41) is 4.12. The van der Waals surface area contributed by atoms with E-state index in [1.54, 1.807) is 4.68 Å². The van der Waals surface area contributed by atoms with E-state index in [0.717, 1.165) is 29.9 Å². The molecule has 3 N–H and O–H groups in total. The molecular weight excluding hydrogens is 190 g/mol. The zero-order chi connectivity index (χ0) is 10.5. The van der Waals surface area contributed by atoms with Gasteiger partial charge in [0, 0.05) is 18.8 Å². The van der Waals surface area contributed by atoms with Crippen molar-refractivity contribution in [2.75, 3.05) is 0 Å². The zero-order valence-corrected chi connectivity index (χ0v) is 8.57. The Morgan fingerprint density at radius 2 is 2.27 bits per heavy atom. The standard InChI is InChI=1S/C10H13N5/c1-15-6-7(4-13-15)8-5-12-9(14-8)10(11)2-3-10/h4-6H,2-3,11H2,1H3,(H,12,14). The second-order valence-corrected chi connectivity index (χ2v) is 4.20. The molecule has 0 saturated heterocycles. The van der Waals surface area contributed by atoms with Crippen LogP contribution in [0.3, 0.4) is 0 Å². The molecule has 0 bridgehead atoms. The van der Waals surface area contributed by atoms with Crippen LogP contribution in [0.1, 0.15) is 18.7 Å². The summed E-state index contributed by atoms with van der Waals surface area (Å²) in [6.45, 7) is 0. The van der Waals surface area contributed by atoms with Crippen LogP contribution in [0.2, 0.25) is 0 Å². The lowest BCUT2D eigenvalue weighted by molar-refractivity contribution is 0.685. The highest BCUT2D eigenvalue weighted by atomic mass is 15.2. The number of nitrogens with two attached hydrogens (primary N) is 1. The number of rotatable bonds is 2. The Hall–Kier alpha value is -1.62. The third kappa shape index (κ3) is 1.35. The fourth-order valence-corrected chi connectivity index (χ4v) is 1.65. The number of H-pyrrole nitrogens is 1. The monoisotopic (exact) mass is 203 g/mol. The molecule has 1 fully saturated rings. The first-order chi connectivity index (χ1) is 7.17. The van der Waals surface area contributed by atoms with Gasteiger partial charge in [-0.2, -0.15) is 5.10 Å². The number of aryl methyl sites for hydroxylation is 1. The van der Waals surface area contributed by atoms with E-state index >= 15 is 0 Å². The molecule has 2 heterocycles. The van der Waals surface area contributed by atoms with Crippen molar-refractivity contribution in [3.63, 3.8) is 0 Å². The van der Waals surface area contributed by atoms with Gasteiger partial charge in [0.05, 0.1) is 23.6 Å². The van der Waals surface area contributed by atoms with E-state index in [2.05, 4.69) is 15.1 Å². The van der Waals surface area contributed by atoms with Crippen LogP contribution >= 0.6 is 0 Å². The van der Waals surface area contributed by atoms with Crippen molar-refractivity contribution >= 4 is 0 Å². The normalized spacial score (nSPS) is 18.0. The zero-order valence-electron chi connectivity index (χ0n) is 8.57. The van der Waals surface area contributed by atoms with Crippen molar-refractivity contribution in [2.45, 2.75) is 18.4 Å². The van der Waals surface area contributed by atoms with Crippen molar-refractivity contribution < 1.29 is 0 Å². The summed E-state index contributed by atoms with van der Waals surface area (Å²) >= 11 is 0. The van der Waals surface area contributed by atoms with E-state index in [1.807, 2.05) is 25.6 Å². The summed E-state index contributed by atoms with van der Waals surface area (Å²) in [6, 6.07) is 0. The van der Waals surface area contributed by atoms with E-state index in [9.17, 15) is 0 Å². The van der Waals surface area contributed by atoms with Gasteiger partial charge < -0.3 is 10.7 Å². The average Bonchev–Trinajstić information content (AvgIpc) is 2.72. The fraction of sp³-hybridized carbons (Fsp3) is 0.400. The Kier molecular flexibility index (Phi) is 1.56. The molecule has 15 heavy (non-hydrogen) atoms. The Morgan fingerprint density at radius 1 is 1.47 bits per heavy atom. The van der Waals surface area contributed by atoms with Crippen molar-refractivity contribution in [1.82, 2.24) is 19.7 Å². The number of aromatic amines is 1. The number of hydrogen-bond acceptors (Lipinski definition) is 3. The minimum atomic E-state index is -0.194. The molecule has 3 rings (SSSR count). The molecule has 1 aliphatic carbocycles. The predicted octanol–water partition coefficient (Wildman–Crippen LogP) is 0.758. The topological polar surface area (TPSA) is 72.5 Å². The summed E-state index contributed by atoms with van der Waals surface area (Å²) < 4.78 is 1.77. The predicted molar refractivity (Wildman–Crippen MR) is 55.9 cm³/mol. The van der Waals surface area contributed by atoms with Crippen LogP contribution in [0, 0.1) is 0 Å². The second-order valence-electron chi connectivity index (χ2n) is 4.20. The van der Waals surface area contributed by atoms with Crippen LogP contribution in [-0.2, 0) is 12.6 Å². The van der Waals surface area contributed by atoms with Crippen LogP contribution in [0.15, 0.2) is 18.6 Å². The van der Waals surface area contributed by atoms with Crippen molar-refractivity contribution in [1.29, 1.82) is 0 Å². The Labute approximate surface area is 87.3 Å². The number of imidazole rings is 1. The van der Waals surface area contributed by atoms with Gasteiger partial charge in [-0.05, 0) is 12.8 Å². The molecular formula is C10H13N5. The third-order valence-electron chi connectivity index (χ3n) is 2.85. The lowest BCUT2D eigenvalue weighted by atomic mass is 10.3. The van der Waals surface area contributed by atoms with E-state index in [4.69, 9.17) is 5.73 Å². The highest BCUT2D eigenvalue weighted by Gasteiger charge is 2.42. The second kappa shape index (κ2) is 2.70. The first kappa shape index (κ1) is 8.67. The maximum absolute atomic E-state index is 6.05. The SMILES string of the molecule is Cn1cc(-c2cnc(C3(N)CC3)[nH]2)cn1. The van der Waals surface area contributed by atoms with E-state index in [-0.39, 0.29) is 5.54 Å². The van der Waals surface area contributed by atoms with Gasteiger partial charge in [-0.3, -0.25) is 4.68 Å². The third-order valence-corrected chi connectivity index (χ3v) is 2.85. The van der Waals surface area contributed by atoms with Crippen molar-refractivity contribution in [3.05, 3.63) is 24.4 Å². The highest BCUT2D eigenvalue weighted by Crippen LogP contribution is 2.41. The Bertz CT molecular complexity index is 491. The molecule has 5 nitrogen and oxygen atoms in total. The molecule has 78 valence electrons. The fourth-order valence-electron chi connectivity index (χ4n) is 1.65. The Balaban J connectivity index is 1.97. The molecule has 0 radical (unpaired) electrons. The van der Waals surface area contributed by atoms with Gasteiger partial charge in [0.15, 0.2) is 0 Å². The van der Waals surface area contributed by atoms with Crippen LogP contribution in [0.5, 0.6) is 0 Å². The van der Waals surface area contributed by atoms with Crippen LogP contribution < -0.4 is 5.73 Å². The van der Waals surface area contributed by atoms with Gasteiger partial charge in [0.2, 0.25) is 0 Å². The molecule has 0 atom stereocenters. The molecule has 1 saturated carbocycles. The van der Waals surface area contributed by atoms with Crippen LogP contribution in [0.25, 0.3) is 11.3 Å². The molecule has 0 aromatic carbocycles. The number of hydrogen-bond donors (Lipinski definition) is 2. The lowest BCUT2D eigenvalue weighted by Gasteiger charge is -2.02. The summed E-state index contributed by atoms with van der Waals surface area (Å²) in [4.78, 5) is 7.57. The summed E-state index contributed by atoms with van der Waals surface area (Å²) in [5.74, 6) is 0.890. The molecule has 5 heteroatoms. The van der Waals surface area contributed by atoms with Crippen molar-refractivity contribution in [2.24, 2.45) is 12.8 Å². The van der Waals surface area contributed by atoms with Gasteiger partial charge in [-0.25, -0.2) is 4.98 Å². The summed E-state index contributed by atoms with van der Waals surface area (Å²) in [6.07, 6.45) is 7.63. The van der Waals surface area contributed by atoms with Crippen LogP contribution in [-0.4, -0.2) is 19.7 Å². The first-order valence-corrected chi connectivity index (χ1v) is 5.01. The maximum atomic E-state index is 6.05. The summed E-state index contributed by atoms with van der Waals surface area (Å²) in [7, 11) is 1.89. The average molecular weight is 203 g/mol. The smallest absolute Gasteiger partial charge is 0.126 e. The van der Waals surface area contributed by atoms with Gasteiger partial charge >= 0.3 is 0 Å². The maximum Gasteiger partial charge on any atom is 0.126 e. The minimum absolute atomic E-state index is 0.194. The van der Waals surface area contributed by atoms with Crippen molar-refractivity contribution in [3.8, 4) is 11.3 Å². The van der Waals surface area contributed by atoms with E-state index < -0.39 is 0 Å². The molecule has 0 unspecified atom stereocenters. The number of aromatic nitrogens is 4. The molecule has 2 aromatic heterocycles. The first-order valence-electron chi connectivity index (χ1n) is 5.01.